The number of ether oxygens (including phenoxy) is 1. The van der Waals surface area contributed by atoms with E-state index in [1.54, 1.807) is 7.05 Å². The molecule has 0 aliphatic heterocycles. The third kappa shape index (κ3) is 2.99. The third-order valence-corrected chi connectivity index (χ3v) is 5.05. The number of aliphatic hydroxyl groups is 2. The zero-order chi connectivity index (χ0) is 17.4. The molecule has 0 radical (unpaired) electrons. The van der Waals surface area contributed by atoms with Crippen molar-refractivity contribution in [2.24, 2.45) is 7.05 Å². The van der Waals surface area contributed by atoms with E-state index in [0.717, 1.165) is 16.6 Å². The van der Waals surface area contributed by atoms with Gasteiger partial charge in [0.1, 0.15) is 11.9 Å². The second-order valence-corrected chi connectivity index (χ2v) is 6.56. The first-order chi connectivity index (χ1) is 11.4. The summed E-state index contributed by atoms with van der Waals surface area (Å²) in [6.07, 6.45) is -0.536. The number of aromatic nitrogens is 1. The van der Waals surface area contributed by atoms with Crippen molar-refractivity contribution < 1.29 is 19.7 Å². The highest BCUT2D eigenvalue weighted by Crippen LogP contribution is 2.25. The van der Waals surface area contributed by atoms with E-state index in [4.69, 9.17) is 4.74 Å². The average Bonchev–Trinajstić information content (AvgIpc) is 3.04. The van der Waals surface area contributed by atoms with Gasteiger partial charge in [-0.2, -0.15) is 0 Å². The molecule has 6 heteroatoms. The molecule has 0 saturated heterocycles. The van der Waals surface area contributed by atoms with E-state index in [0.29, 0.717) is 18.6 Å². The van der Waals surface area contributed by atoms with Gasteiger partial charge in [-0.05, 0) is 44.0 Å². The maximum Gasteiger partial charge on any atom is 0.260 e. The Hall–Kier alpha value is -2.05. The lowest BCUT2D eigenvalue weighted by molar-refractivity contribution is -0.136. The molecule has 0 bridgehead atoms. The van der Waals surface area contributed by atoms with Crippen molar-refractivity contribution in [3.05, 3.63) is 30.0 Å². The zero-order valence-electron chi connectivity index (χ0n) is 14.3. The fourth-order valence-electron chi connectivity index (χ4n) is 3.35. The molecule has 24 heavy (non-hydrogen) atoms. The van der Waals surface area contributed by atoms with E-state index in [1.165, 1.54) is 4.90 Å². The number of rotatable bonds is 4. The molecule has 6 nitrogen and oxygen atoms in total. The van der Waals surface area contributed by atoms with Crippen molar-refractivity contribution in [2.75, 3.05) is 13.7 Å². The number of nitrogens with zero attached hydrogens (tertiary/aromatic N) is 2. The average molecular weight is 332 g/mol. The summed E-state index contributed by atoms with van der Waals surface area (Å²) in [6.45, 7) is 1.95. The fraction of sp³-hybridized carbons (Fsp3) is 0.500. The molecule has 1 aromatic heterocycles. The van der Waals surface area contributed by atoms with Gasteiger partial charge in [0.2, 0.25) is 0 Å². The highest BCUT2D eigenvalue weighted by Gasteiger charge is 2.37. The Bertz CT molecular complexity index is 755. The van der Waals surface area contributed by atoms with Gasteiger partial charge in [-0.25, -0.2) is 0 Å². The number of aliphatic hydroxyl groups excluding tert-OH is 2. The molecule has 0 spiro atoms. The molecule has 0 unspecified atom stereocenters. The van der Waals surface area contributed by atoms with Crippen LogP contribution in [0, 0.1) is 6.92 Å². The molecule has 1 saturated carbocycles. The summed E-state index contributed by atoms with van der Waals surface area (Å²) in [4.78, 5) is 13.8. The molecule has 2 aromatic rings. The van der Waals surface area contributed by atoms with E-state index >= 15 is 0 Å². The van der Waals surface area contributed by atoms with Crippen LogP contribution >= 0.6 is 0 Å². The van der Waals surface area contributed by atoms with Gasteiger partial charge < -0.3 is 24.4 Å². The maximum atomic E-state index is 12.3. The largest absolute Gasteiger partial charge is 0.484 e. The Morgan fingerprint density at radius 2 is 2.08 bits per heavy atom. The Balaban J connectivity index is 1.64. The lowest BCUT2D eigenvalue weighted by atomic mass is 10.2. The van der Waals surface area contributed by atoms with Crippen LogP contribution in [0.2, 0.25) is 0 Å². The minimum absolute atomic E-state index is 0.0901. The van der Waals surface area contributed by atoms with Crippen LogP contribution in [-0.4, -0.2) is 57.5 Å². The quantitative estimate of drug-likeness (QED) is 0.882. The van der Waals surface area contributed by atoms with Crippen LogP contribution in [0.1, 0.15) is 18.5 Å². The normalized spacial score (nSPS) is 23.6. The first kappa shape index (κ1) is 16.8. The Morgan fingerprint density at radius 1 is 1.33 bits per heavy atom. The second kappa shape index (κ2) is 6.45. The number of likely N-dealkylation sites (N-methyl/N-ethyl adjacent to an activating group) is 1. The zero-order valence-corrected chi connectivity index (χ0v) is 14.3. The third-order valence-electron chi connectivity index (χ3n) is 5.05. The van der Waals surface area contributed by atoms with Crippen molar-refractivity contribution in [3.8, 4) is 5.75 Å². The molecule has 1 fully saturated rings. The number of hydrogen-bond acceptors (Lipinski definition) is 4. The first-order valence-electron chi connectivity index (χ1n) is 8.19. The Labute approximate surface area is 141 Å². The molecule has 3 rings (SSSR count). The maximum absolute atomic E-state index is 12.3. The summed E-state index contributed by atoms with van der Waals surface area (Å²) < 4.78 is 7.73. The first-order valence-corrected chi connectivity index (χ1v) is 8.19. The van der Waals surface area contributed by atoms with Gasteiger partial charge in [-0.1, -0.05) is 0 Å². The number of hydrogen-bond donors (Lipinski definition) is 2. The molecule has 1 heterocycles. The molecule has 1 amide bonds. The van der Waals surface area contributed by atoms with Crippen molar-refractivity contribution in [3.63, 3.8) is 0 Å². The van der Waals surface area contributed by atoms with Crippen molar-refractivity contribution in [1.29, 1.82) is 0 Å². The highest BCUT2D eigenvalue weighted by atomic mass is 16.5. The summed E-state index contributed by atoms with van der Waals surface area (Å²) in [5.74, 6) is 0.430. The van der Waals surface area contributed by atoms with E-state index in [-0.39, 0.29) is 18.6 Å². The molecule has 1 aliphatic carbocycles. The smallest absolute Gasteiger partial charge is 0.260 e. The van der Waals surface area contributed by atoms with Crippen LogP contribution in [0.5, 0.6) is 5.75 Å². The monoisotopic (exact) mass is 332 g/mol. The van der Waals surface area contributed by atoms with Crippen molar-refractivity contribution in [2.45, 2.75) is 38.0 Å². The van der Waals surface area contributed by atoms with Crippen LogP contribution < -0.4 is 4.74 Å². The number of benzene rings is 1. The summed E-state index contributed by atoms with van der Waals surface area (Å²) in [5.41, 5.74) is 2.28. The topological polar surface area (TPSA) is 74.9 Å². The van der Waals surface area contributed by atoms with E-state index in [2.05, 4.69) is 10.6 Å². The van der Waals surface area contributed by atoms with Gasteiger partial charge in [-0.3, -0.25) is 4.79 Å². The molecule has 130 valence electrons. The van der Waals surface area contributed by atoms with Crippen LogP contribution in [0.3, 0.4) is 0 Å². The minimum Gasteiger partial charge on any atom is -0.484 e. The fourth-order valence-corrected chi connectivity index (χ4v) is 3.35. The molecule has 1 aliphatic rings. The predicted molar refractivity (Wildman–Crippen MR) is 91.0 cm³/mol. The van der Waals surface area contributed by atoms with E-state index in [1.807, 2.05) is 32.2 Å². The van der Waals surface area contributed by atoms with Crippen molar-refractivity contribution in [1.82, 2.24) is 9.47 Å². The molecule has 3 atom stereocenters. The van der Waals surface area contributed by atoms with Crippen LogP contribution in [0.15, 0.2) is 24.3 Å². The van der Waals surface area contributed by atoms with E-state index < -0.39 is 12.2 Å². The minimum atomic E-state index is -0.886. The van der Waals surface area contributed by atoms with Gasteiger partial charge in [0, 0.05) is 30.7 Å². The SMILES string of the molecule is Cc1cc2cc(OCC(=O)N(C)[C@@H]3CC[C@@H](O)[C@@H]3O)ccc2n1C. The number of aryl methyl sites for hydroxylation is 2. The standard InChI is InChI=1S/C18H24N2O4/c1-11-8-12-9-13(4-5-14(12)19(11)2)24-10-17(22)20(3)15-6-7-16(21)18(15)23/h4-5,8-9,15-16,18,21,23H,6-7,10H2,1-3H3/t15-,16-,18-/m1/s1. The van der Waals surface area contributed by atoms with E-state index in [9.17, 15) is 15.0 Å². The highest BCUT2D eigenvalue weighted by molar-refractivity contribution is 5.83. The molecule has 1 aromatic carbocycles. The predicted octanol–water partition coefficient (Wildman–Crippen LogP) is 1.21. The van der Waals surface area contributed by atoms with Crippen molar-refractivity contribution >= 4 is 16.8 Å². The number of fused-ring (bicyclic) bond motifs is 1. The van der Waals surface area contributed by atoms with Gasteiger partial charge in [0.05, 0.1) is 12.1 Å². The van der Waals surface area contributed by atoms with Gasteiger partial charge in [0.25, 0.3) is 5.91 Å². The lowest BCUT2D eigenvalue weighted by Crippen LogP contribution is -2.45. The van der Waals surface area contributed by atoms with Crippen LogP contribution in [0.4, 0.5) is 0 Å². The summed E-state index contributed by atoms with van der Waals surface area (Å²) >= 11 is 0. The van der Waals surface area contributed by atoms with Gasteiger partial charge in [0.15, 0.2) is 6.61 Å². The molecule has 2 N–H and O–H groups in total. The molecular weight excluding hydrogens is 308 g/mol. The number of carbonyl (C=O) groups is 1. The Morgan fingerprint density at radius 3 is 2.75 bits per heavy atom. The van der Waals surface area contributed by atoms with Crippen LogP contribution in [0.25, 0.3) is 10.9 Å². The second-order valence-electron chi connectivity index (χ2n) is 6.56. The summed E-state index contributed by atoms with van der Waals surface area (Å²) in [6, 6.07) is 7.47. The Kier molecular flexibility index (Phi) is 4.51. The summed E-state index contributed by atoms with van der Waals surface area (Å²) in [5, 5.41) is 20.6. The lowest BCUT2D eigenvalue weighted by Gasteiger charge is -2.27. The van der Waals surface area contributed by atoms with Crippen LogP contribution in [-0.2, 0) is 11.8 Å². The van der Waals surface area contributed by atoms with Gasteiger partial charge >= 0.3 is 0 Å². The number of carbonyl (C=O) groups excluding carboxylic acids is 1. The summed E-state index contributed by atoms with van der Waals surface area (Å²) in [7, 11) is 3.65. The molecular formula is C18H24N2O4. The van der Waals surface area contributed by atoms with Gasteiger partial charge in [-0.15, -0.1) is 0 Å². The number of amides is 1.